The van der Waals surface area contributed by atoms with Crippen molar-refractivity contribution >= 4 is 34.8 Å². The van der Waals surface area contributed by atoms with Crippen LogP contribution in [0.2, 0.25) is 15.1 Å². The number of nitrogens with one attached hydrogen (secondary N) is 1. The smallest absolute Gasteiger partial charge is 0.0655 e. The number of aliphatic hydroxyl groups is 1. The van der Waals surface area contributed by atoms with E-state index in [1.165, 1.54) is 0 Å². The second-order valence-electron chi connectivity index (χ2n) is 4.57. The maximum Gasteiger partial charge on any atom is 0.0655 e. The molecular weight excluding hydrogens is 307 g/mol. The molecule has 0 saturated carbocycles. The first-order valence-electron chi connectivity index (χ1n) is 6.34. The van der Waals surface area contributed by atoms with E-state index in [-0.39, 0.29) is 12.6 Å². The van der Waals surface area contributed by atoms with E-state index >= 15 is 0 Å². The van der Waals surface area contributed by atoms with Gasteiger partial charge in [0.25, 0.3) is 0 Å². The maximum atomic E-state index is 9.32. The first-order valence-corrected chi connectivity index (χ1v) is 7.47. The topological polar surface area (TPSA) is 35.5 Å². The van der Waals surface area contributed by atoms with Crippen molar-refractivity contribution in [1.29, 1.82) is 0 Å². The van der Waals surface area contributed by atoms with Crippen LogP contribution in [0.3, 0.4) is 0 Å². The molecule has 1 aliphatic rings. The summed E-state index contributed by atoms with van der Waals surface area (Å²) in [6.45, 7) is 3.76. The molecule has 0 spiro atoms. The Morgan fingerprint density at radius 1 is 1.16 bits per heavy atom. The summed E-state index contributed by atoms with van der Waals surface area (Å²) in [4.78, 5) is 2.29. The van der Waals surface area contributed by atoms with Crippen LogP contribution in [0, 0.1) is 0 Å². The first kappa shape index (κ1) is 15.4. The van der Waals surface area contributed by atoms with Crippen molar-refractivity contribution in [3.8, 4) is 0 Å². The Morgan fingerprint density at radius 2 is 1.79 bits per heavy atom. The normalized spacial score (nSPS) is 18.5. The molecule has 1 fully saturated rings. The summed E-state index contributed by atoms with van der Waals surface area (Å²) in [5.74, 6) is 0. The van der Waals surface area contributed by atoms with Crippen LogP contribution < -0.4 is 5.32 Å². The van der Waals surface area contributed by atoms with E-state index < -0.39 is 0 Å². The van der Waals surface area contributed by atoms with Gasteiger partial charge in [0.1, 0.15) is 0 Å². The maximum absolute atomic E-state index is 9.32. The number of benzene rings is 1. The van der Waals surface area contributed by atoms with Gasteiger partial charge in [0, 0.05) is 49.4 Å². The van der Waals surface area contributed by atoms with Crippen LogP contribution in [0.4, 0.5) is 0 Å². The number of rotatable bonds is 4. The molecule has 1 saturated heterocycles. The number of halogens is 3. The third-order valence-corrected chi connectivity index (χ3v) is 4.56. The van der Waals surface area contributed by atoms with Gasteiger partial charge in [-0.3, -0.25) is 4.90 Å². The summed E-state index contributed by atoms with van der Waals surface area (Å²) >= 11 is 18.7. The molecule has 106 valence electrons. The van der Waals surface area contributed by atoms with Crippen molar-refractivity contribution in [2.24, 2.45) is 0 Å². The molecular formula is C13H17Cl3N2O. The molecule has 2 N–H and O–H groups in total. The van der Waals surface area contributed by atoms with E-state index in [2.05, 4.69) is 10.2 Å². The average molecular weight is 324 g/mol. The van der Waals surface area contributed by atoms with Crippen molar-refractivity contribution in [2.75, 3.05) is 32.8 Å². The average Bonchev–Trinajstić information content (AvgIpc) is 2.43. The van der Waals surface area contributed by atoms with E-state index in [1.807, 2.05) is 0 Å². The third-order valence-electron chi connectivity index (χ3n) is 3.41. The van der Waals surface area contributed by atoms with E-state index in [1.54, 1.807) is 12.1 Å². The van der Waals surface area contributed by atoms with Crippen LogP contribution >= 0.6 is 34.8 Å². The minimum absolute atomic E-state index is 0.00537. The molecule has 6 heteroatoms. The summed E-state index contributed by atoms with van der Waals surface area (Å²) in [6.07, 6.45) is 0.597. The predicted octanol–water partition coefficient (Wildman–Crippen LogP) is 2.98. The highest BCUT2D eigenvalue weighted by atomic mass is 35.5. The van der Waals surface area contributed by atoms with Crippen molar-refractivity contribution in [2.45, 2.75) is 12.5 Å². The van der Waals surface area contributed by atoms with Crippen LogP contribution in [-0.4, -0.2) is 42.8 Å². The predicted molar refractivity (Wildman–Crippen MR) is 80.4 cm³/mol. The molecule has 0 bridgehead atoms. The second-order valence-corrected chi connectivity index (χ2v) is 5.76. The van der Waals surface area contributed by atoms with Gasteiger partial charge in [0.15, 0.2) is 0 Å². The zero-order chi connectivity index (χ0) is 13.8. The zero-order valence-electron chi connectivity index (χ0n) is 10.5. The summed E-state index contributed by atoms with van der Waals surface area (Å²) in [6, 6.07) is 3.46. The molecule has 0 aliphatic carbocycles. The minimum atomic E-state index is 0.00537. The number of hydrogen-bond acceptors (Lipinski definition) is 3. The van der Waals surface area contributed by atoms with Gasteiger partial charge in [-0.25, -0.2) is 0 Å². The molecule has 1 aromatic carbocycles. The molecule has 19 heavy (non-hydrogen) atoms. The Hall–Kier alpha value is -0.0300. The summed E-state index contributed by atoms with van der Waals surface area (Å²) in [7, 11) is 0. The molecule has 3 nitrogen and oxygen atoms in total. The van der Waals surface area contributed by atoms with E-state index in [0.717, 1.165) is 31.7 Å². The Morgan fingerprint density at radius 3 is 2.42 bits per heavy atom. The van der Waals surface area contributed by atoms with Crippen molar-refractivity contribution in [1.82, 2.24) is 10.2 Å². The van der Waals surface area contributed by atoms with Crippen LogP contribution in [0.25, 0.3) is 0 Å². The SMILES string of the molecule is OCC[C@H](c1c(Cl)ccc(Cl)c1Cl)N1CCNCC1. The number of nitrogens with zero attached hydrogens (tertiary/aromatic N) is 1. The van der Waals surface area contributed by atoms with Gasteiger partial charge in [-0.15, -0.1) is 0 Å². The lowest BCUT2D eigenvalue weighted by Crippen LogP contribution is -2.45. The first-order chi connectivity index (χ1) is 9.15. The van der Waals surface area contributed by atoms with Gasteiger partial charge in [-0.1, -0.05) is 34.8 Å². The highest BCUT2D eigenvalue weighted by Crippen LogP contribution is 2.39. The molecule has 1 atom stereocenters. The molecule has 2 rings (SSSR count). The minimum Gasteiger partial charge on any atom is -0.396 e. The largest absolute Gasteiger partial charge is 0.396 e. The van der Waals surface area contributed by atoms with E-state index in [9.17, 15) is 5.11 Å². The molecule has 1 aliphatic heterocycles. The molecule has 1 aromatic rings. The summed E-state index contributed by atoms with van der Waals surface area (Å²) in [5.41, 5.74) is 0.826. The van der Waals surface area contributed by atoms with Crippen LogP contribution in [0.15, 0.2) is 12.1 Å². The van der Waals surface area contributed by atoms with Crippen LogP contribution in [0.1, 0.15) is 18.0 Å². The Balaban J connectivity index is 2.35. The molecule has 0 aromatic heterocycles. The Bertz CT molecular complexity index is 436. The van der Waals surface area contributed by atoms with Crippen molar-refractivity contribution in [3.05, 3.63) is 32.8 Å². The van der Waals surface area contributed by atoms with Crippen molar-refractivity contribution in [3.63, 3.8) is 0 Å². The third kappa shape index (κ3) is 3.54. The van der Waals surface area contributed by atoms with Gasteiger partial charge < -0.3 is 10.4 Å². The summed E-state index contributed by atoms with van der Waals surface area (Å²) < 4.78 is 0. The number of piperazine rings is 1. The standard InChI is InChI=1S/C13H17Cl3N2O/c14-9-1-2-10(15)13(16)12(9)11(3-8-19)18-6-4-17-5-7-18/h1-2,11,17,19H,3-8H2/t11-/m1/s1. The van der Waals surface area contributed by atoms with E-state index in [4.69, 9.17) is 34.8 Å². The molecule has 0 unspecified atom stereocenters. The second kappa shape index (κ2) is 7.11. The number of hydrogen-bond donors (Lipinski definition) is 2. The quantitative estimate of drug-likeness (QED) is 0.836. The molecule has 1 heterocycles. The van der Waals surface area contributed by atoms with Crippen LogP contribution in [0.5, 0.6) is 0 Å². The van der Waals surface area contributed by atoms with E-state index in [0.29, 0.717) is 21.5 Å². The Labute approximate surface area is 128 Å². The van der Waals surface area contributed by atoms with Gasteiger partial charge in [-0.2, -0.15) is 0 Å². The Kier molecular flexibility index (Phi) is 5.75. The lowest BCUT2D eigenvalue weighted by atomic mass is 10.0. The van der Waals surface area contributed by atoms with Gasteiger partial charge in [-0.05, 0) is 18.6 Å². The fraction of sp³-hybridized carbons (Fsp3) is 0.538. The fourth-order valence-corrected chi connectivity index (χ4v) is 3.26. The monoisotopic (exact) mass is 322 g/mol. The van der Waals surface area contributed by atoms with Gasteiger partial charge >= 0.3 is 0 Å². The lowest BCUT2D eigenvalue weighted by molar-refractivity contribution is 0.141. The highest BCUT2D eigenvalue weighted by molar-refractivity contribution is 6.44. The van der Waals surface area contributed by atoms with Crippen molar-refractivity contribution < 1.29 is 5.11 Å². The summed E-state index contributed by atoms with van der Waals surface area (Å²) in [5, 5.41) is 14.2. The zero-order valence-corrected chi connectivity index (χ0v) is 12.8. The van der Waals surface area contributed by atoms with Gasteiger partial charge in [0.05, 0.1) is 10.0 Å². The fourth-order valence-electron chi connectivity index (χ4n) is 2.47. The number of aliphatic hydroxyl groups excluding tert-OH is 1. The van der Waals surface area contributed by atoms with Crippen LogP contribution in [-0.2, 0) is 0 Å². The molecule has 0 amide bonds. The molecule has 0 radical (unpaired) electrons. The van der Waals surface area contributed by atoms with Gasteiger partial charge in [0.2, 0.25) is 0 Å². The lowest BCUT2D eigenvalue weighted by Gasteiger charge is -2.36. The highest BCUT2D eigenvalue weighted by Gasteiger charge is 2.26.